The molecule has 15 heavy (non-hydrogen) atoms. The van der Waals surface area contributed by atoms with Gasteiger partial charge in [-0.25, -0.2) is 0 Å². The molecule has 1 aromatic rings. The monoisotopic (exact) mass is 269 g/mol. The Morgan fingerprint density at radius 2 is 2.07 bits per heavy atom. The van der Waals surface area contributed by atoms with Crippen LogP contribution in [0.25, 0.3) is 0 Å². The minimum atomic E-state index is 0.194. The second-order valence-electron chi connectivity index (χ2n) is 3.63. The molecule has 0 bridgehead atoms. The van der Waals surface area contributed by atoms with Gasteiger partial charge in [0, 0.05) is 10.5 Å². The molecular weight excluding hydrogens is 254 g/mol. The zero-order valence-corrected chi connectivity index (χ0v) is 10.5. The molecule has 0 heterocycles. The normalized spacial score (nSPS) is 12.2. The molecule has 2 N–H and O–H groups in total. The molecule has 1 rings (SSSR count). The predicted octanol–water partition coefficient (Wildman–Crippen LogP) is 2.86. The Labute approximate surface area is 99.3 Å². The summed E-state index contributed by atoms with van der Waals surface area (Å²) < 4.78 is 6.29. The summed E-state index contributed by atoms with van der Waals surface area (Å²) in [6.45, 7) is 6.19. The highest BCUT2D eigenvalue weighted by Crippen LogP contribution is 2.14. The van der Waals surface area contributed by atoms with Crippen molar-refractivity contribution in [3.63, 3.8) is 0 Å². The second kappa shape index (κ2) is 5.93. The fourth-order valence-corrected chi connectivity index (χ4v) is 1.37. The minimum Gasteiger partial charge on any atom is -0.488 e. The quantitative estimate of drug-likeness (QED) is 0.892. The van der Waals surface area contributed by atoms with Gasteiger partial charge in [0.1, 0.15) is 12.4 Å². The summed E-state index contributed by atoms with van der Waals surface area (Å²) in [5.74, 6) is 0.851. The van der Waals surface area contributed by atoms with Crippen LogP contribution in [0.4, 0.5) is 0 Å². The minimum absolute atomic E-state index is 0.194. The van der Waals surface area contributed by atoms with Crippen molar-refractivity contribution in [3.8, 4) is 5.75 Å². The maximum atomic E-state index is 5.71. The van der Waals surface area contributed by atoms with E-state index in [0.29, 0.717) is 6.61 Å². The van der Waals surface area contributed by atoms with E-state index in [9.17, 15) is 0 Å². The number of benzene rings is 1. The van der Waals surface area contributed by atoms with Gasteiger partial charge in [0.25, 0.3) is 0 Å². The molecule has 1 unspecified atom stereocenters. The fourth-order valence-electron chi connectivity index (χ4n) is 1.26. The van der Waals surface area contributed by atoms with Gasteiger partial charge in [-0.15, -0.1) is 0 Å². The van der Waals surface area contributed by atoms with Crippen LogP contribution in [0.15, 0.2) is 35.3 Å². The molecule has 1 atom stereocenters. The second-order valence-corrected chi connectivity index (χ2v) is 4.75. The van der Waals surface area contributed by atoms with Crippen LogP contribution in [-0.4, -0.2) is 12.6 Å². The lowest BCUT2D eigenvalue weighted by molar-refractivity contribution is 0.361. The molecule has 0 aromatic heterocycles. The van der Waals surface area contributed by atoms with Crippen LogP contribution in [0.2, 0.25) is 0 Å². The molecule has 0 saturated heterocycles. The molecule has 2 nitrogen and oxygen atoms in total. The zero-order valence-electron chi connectivity index (χ0n) is 8.87. The van der Waals surface area contributed by atoms with Crippen LogP contribution in [0.3, 0.4) is 0 Å². The molecule has 1 aromatic carbocycles. The summed E-state index contributed by atoms with van der Waals surface area (Å²) >= 11 is 3.24. The maximum absolute atomic E-state index is 5.71. The van der Waals surface area contributed by atoms with E-state index in [1.165, 1.54) is 5.56 Å². The topological polar surface area (TPSA) is 35.2 Å². The fraction of sp³-hybridized carbons (Fsp3) is 0.333. The average molecular weight is 270 g/mol. The van der Waals surface area contributed by atoms with Crippen molar-refractivity contribution in [1.82, 2.24) is 0 Å². The van der Waals surface area contributed by atoms with Crippen molar-refractivity contribution in [1.29, 1.82) is 0 Å². The smallest absolute Gasteiger partial charge is 0.119 e. The molecule has 0 aliphatic heterocycles. The first-order valence-corrected chi connectivity index (χ1v) is 5.68. The van der Waals surface area contributed by atoms with Crippen LogP contribution >= 0.6 is 15.9 Å². The molecule has 0 radical (unpaired) electrons. The average Bonchev–Trinajstić information content (AvgIpc) is 2.16. The molecule has 0 aliphatic carbocycles. The van der Waals surface area contributed by atoms with Gasteiger partial charge in [-0.2, -0.15) is 0 Å². The maximum Gasteiger partial charge on any atom is 0.119 e. The molecule has 0 amide bonds. The number of ether oxygens (including phenoxy) is 1. The van der Waals surface area contributed by atoms with E-state index < -0.39 is 0 Å². The van der Waals surface area contributed by atoms with Crippen molar-refractivity contribution in [2.45, 2.75) is 19.4 Å². The third-order valence-electron chi connectivity index (χ3n) is 1.88. The number of hydrogen-bond acceptors (Lipinski definition) is 2. The summed E-state index contributed by atoms with van der Waals surface area (Å²) in [6, 6.07) is 8.17. The van der Waals surface area contributed by atoms with Crippen molar-refractivity contribution < 1.29 is 4.74 Å². The first-order chi connectivity index (χ1) is 7.08. The summed E-state index contributed by atoms with van der Waals surface area (Å²) in [7, 11) is 0. The Hall–Kier alpha value is -0.800. The molecular formula is C12H16BrNO. The predicted molar refractivity (Wildman–Crippen MR) is 67.4 cm³/mol. The Bertz CT molecular complexity index is 319. The van der Waals surface area contributed by atoms with Crippen LogP contribution in [0, 0.1) is 0 Å². The Morgan fingerprint density at radius 3 is 2.53 bits per heavy atom. The van der Waals surface area contributed by atoms with Gasteiger partial charge in [0.05, 0.1) is 0 Å². The largest absolute Gasteiger partial charge is 0.488 e. The number of rotatable bonds is 5. The van der Waals surface area contributed by atoms with Crippen molar-refractivity contribution in [3.05, 3.63) is 40.9 Å². The van der Waals surface area contributed by atoms with E-state index in [0.717, 1.165) is 16.7 Å². The van der Waals surface area contributed by atoms with Gasteiger partial charge in [-0.05, 0) is 31.0 Å². The highest BCUT2D eigenvalue weighted by molar-refractivity contribution is 9.11. The number of hydrogen-bond donors (Lipinski definition) is 1. The van der Waals surface area contributed by atoms with Crippen molar-refractivity contribution in [2.75, 3.05) is 6.61 Å². The lowest BCUT2D eigenvalue weighted by atomic mass is 10.1. The SMILES string of the molecule is C=C(Br)COc1ccc(CC(C)N)cc1. The standard InChI is InChI=1S/C12H16BrNO/c1-9(13)8-15-12-5-3-11(4-6-12)7-10(2)14/h3-6,10H,1,7-8,14H2,2H3. The lowest BCUT2D eigenvalue weighted by Crippen LogP contribution is -2.17. The van der Waals surface area contributed by atoms with Crippen LogP contribution in [0.1, 0.15) is 12.5 Å². The van der Waals surface area contributed by atoms with Gasteiger partial charge in [0.2, 0.25) is 0 Å². The van der Waals surface area contributed by atoms with E-state index in [1.807, 2.05) is 31.2 Å². The summed E-state index contributed by atoms with van der Waals surface area (Å²) in [5, 5.41) is 0. The summed E-state index contributed by atoms with van der Waals surface area (Å²) in [4.78, 5) is 0. The summed E-state index contributed by atoms with van der Waals surface area (Å²) in [6.07, 6.45) is 0.894. The molecule has 0 spiro atoms. The Morgan fingerprint density at radius 1 is 1.47 bits per heavy atom. The molecule has 0 saturated carbocycles. The van der Waals surface area contributed by atoms with Crippen LogP contribution in [-0.2, 0) is 6.42 Å². The highest BCUT2D eigenvalue weighted by atomic mass is 79.9. The number of nitrogens with two attached hydrogens (primary N) is 1. The van der Waals surface area contributed by atoms with E-state index >= 15 is 0 Å². The van der Waals surface area contributed by atoms with Gasteiger partial charge < -0.3 is 10.5 Å². The number of halogens is 1. The van der Waals surface area contributed by atoms with E-state index in [2.05, 4.69) is 22.5 Å². The highest BCUT2D eigenvalue weighted by Gasteiger charge is 1.99. The van der Waals surface area contributed by atoms with E-state index in [4.69, 9.17) is 10.5 Å². The van der Waals surface area contributed by atoms with E-state index in [1.54, 1.807) is 0 Å². The third kappa shape index (κ3) is 5.00. The van der Waals surface area contributed by atoms with Gasteiger partial charge in [-0.3, -0.25) is 0 Å². The first kappa shape index (κ1) is 12.3. The van der Waals surface area contributed by atoms with Gasteiger partial charge in [-0.1, -0.05) is 34.6 Å². The van der Waals surface area contributed by atoms with Crippen LogP contribution < -0.4 is 10.5 Å². The molecule has 3 heteroatoms. The third-order valence-corrected chi connectivity index (χ3v) is 2.11. The zero-order chi connectivity index (χ0) is 11.3. The molecule has 82 valence electrons. The van der Waals surface area contributed by atoms with Gasteiger partial charge >= 0.3 is 0 Å². The Kier molecular flexibility index (Phi) is 4.85. The molecule has 0 fully saturated rings. The van der Waals surface area contributed by atoms with Crippen LogP contribution in [0.5, 0.6) is 5.75 Å². The summed E-state index contributed by atoms with van der Waals surface area (Å²) in [5.41, 5.74) is 6.94. The first-order valence-electron chi connectivity index (χ1n) is 4.88. The van der Waals surface area contributed by atoms with Crippen molar-refractivity contribution in [2.24, 2.45) is 5.73 Å². The van der Waals surface area contributed by atoms with Crippen molar-refractivity contribution >= 4 is 15.9 Å². The molecule has 0 aliphatic rings. The van der Waals surface area contributed by atoms with E-state index in [-0.39, 0.29) is 6.04 Å². The Balaban J connectivity index is 2.52. The lowest BCUT2D eigenvalue weighted by Gasteiger charge is -2.07. The van der Waals surface area contributed by atoms with Gasteiger partial charge in [0.15, 0.2) is 0 Å².